The summed E-state index contributed by atoms with van der Waals surface area (Å²) in [6.07, 6.45) is 2.57. The van der Waals surface area contributed by atoms with Crippen molar-refractivity contribution in [3.63, 3.8) is 0 Å². The smallest absolute Gasteiger partial charge is 0.273 e. The summed E-state index contributed by atoms with van der Waals surface area (Å²) < 4.78 is 13.2. The third-order valence-electron chi connectivity index (χ3n) is 6.32. The summed E-state index contributed by atoms with van der Waals surface area (Å²) in [5.74, 6) is 2.71. The molecule has 4 aromatic rings. The molecule has 1 amide bonds. The number of aromatic nitrogens is 3. The van der Waals surface area contributed by atoms with Gasteiger partial charge in [-0.25, -0.2) is 9.97 Å². The maximum absolute atomic E-state index is 13.2. The molecule has 0 spiro atoms. The highest BCUT2D eigenvalue weighted by atomic mass is 32.1. The van der Waals surface area contributed by atoms with E-state index in [9.17, 15) is 4.79 Å². The Morgan fingerprint density at radius 1 is 1.09 bits per heavy atom. The first-order valence-electron chi connectivity index (χ1n) is 11.4. The molecule has 5 heterocycles. The second kappa shape index (κ2) is 8.88. The zero-order chi connectivity index (χ0) is 23.1. The summed E-state index contributed by atoms with van der Waals surface area (Å²) in [5.41, 5.74) is 3.96. The third-order valence-corrected chi connectivity index (χ3v) is 8.20. The van der Waals surface area contributed by atoms with Crippen LogP contribution in [0, 0.1) is 0 Å². The number of thiophene rings is 1. The average Bonchev–Trinajstić information content (AvgIpc) is 3.67. The van der Waals surface area contributed by atoms with Crippen LogP contribution in [0.4, 0.5) is 0 Å². The predicted molar refractivity (Wildman–Crippen MR) is 132 cm³/mol. The maximum atomic E-state index is 13.2. The number of amides is 1. The number of thiazole rings is 1. The van der Waals surface area contributed by atoms with Gasteiger partial charge in [0.1, 0.15) is 16.5 Å². The molecule has 9 heteroatoms. The van der Waals surface area contributed by atoms with Crippen molar-refractivity contribution in [1.82, 2.24) is 19.4 Å². The second-order valence-corrected chi connectivity index (χ2v) is 10.2. The van der Waals surface area contributed by atoms with E-state index in [1.54, 1.807) is 11.3 Å². The zero-order valence-corrected chi connectivity index (χ0v) is 20.5. The Labute approximate surface area is 205 Å². The highest BCUT2D eigenvalue weighted by Crippen LogP contribution is 2.33. The fourth-order valence-electron chi connectivity index (χ4n) is 4.56. The van der Waals surface area contributed by atoms with E-state index in [0.29, 0.717) is 18.8 Å². The van der Waals surface area contributed by atoms with Crippen molar-refractivity contribution in [2.75, 3.05) is 13.3 Å². The van der Waals surface area contributed by atoms with Gasteiger partial charge >= 0.3 is 0 Å². The van der Waals surface area contributed by atoms with Crippen molar-refractivity contribution in [1.29, 1.82) is 0 Å². The lowest BCUT2D eigenvalue weighted by Gasteiger charge is -2.29. The molecule has 0 radical (unpaired) electrons. The summed E-state index contributed by atoms with van der Waals surface area (Å²) in [6.45, 7) is 4.41. The number of aryl methyl sites for hydroxylation is 3. The number of ether oxygens (including phenoxy) is 2. The Bertz CT molecular complexity index is 1340. The quantitative estimate of drug-likeness (QED) is 0.387. The number of hydrogen-bond donors (Lipinski definition) is 0. The average molecular weight is 493 g/mol. The van der Waals surface area contributed by atoms with Gasteiger partial charge < -0.3 is 18.9 Å². The summed E-state index contributed by atoms with van der Waals surface area (Å²) in [5, 5.41) is 4.81. The largest absolute Gasteiger partial charge is 0.454 e. The number of carbonyl (C=O) groups is 1. The molecule has 34 heavy (non-hydrogen) atoms. The van der Waals surface area contributed by atoms with Crippen molar-refractivity contribution in [3.8, 4) is 21.4 Å². The Balaban J connectivity index is 1.18. The zero-order valence-electron chi connectivity index (χ0n) is 18.8. The van der Waals surface area contributed by atoms with Gasteiger partial charge in [-0.15, -0.1) is 22.7 Å². The van der Waals surface area contributed by atoms with Gasteiger partial charge in [-0.1, -0.05) is 19.1 Å². The molecule has 0 saturated heterocycles. The van der Waals surface area contributed by atoms with E-state index in [1.165, 1.54) is 16.9 Å². The topological polar surface area (TPSA) is 69.5 Å². The van der Waals surface area contributed by atoms with Crippen LogP contribution < -0.4 is 9.47 Å². The Hall–Kier alpha value is -3.17. The van der Waals surface area contributed by atoms with Crippen LogP contribution in [0.5, 0.6) is 11.5 Å². The van der Waals surface area contributed by atoms with Crippen molar-refractivity contribution in [3.05, 3.63) is 69.6 Å². The van der Waals surface area contributed by atoms with Gasteiger partial charge in [0, 0.05) is 24.9 Å². The maximum Gasteiger partial charge on any atom is 0.273 e. The SMILES string of the molecule is CCc1nc(CCc2ccc3c(c2)OCO3)n2c1CN(C(=O)c1csc(-c3cccs3)n1)CC2. The number of hydrogen-bond acceptors (Lipinski definition) is 7. The molecule has 0 saturated carbocycles. The van der Waals surface area contributed by atoms with Gasteiger partial charge in [-0.2, -0.15) is 0 Å². The third kappa shape index (κ3) is 3.88. The normalized spacial score (nSPS) is 14.4. The molecule has 174 valence electrons. The molecule has 3 aromatic heterocycles. The number of fused-ring (bicyclic) bond motifs is 2. The van der Waals surface area contributed by atoms with Gasteiger partial charge in [0.2, 0.25) is 6.79 Å². The van der Waals surface area contributed by atoms with Crippen molar-refractivity contribution >= 4 is 28.6 Å². The van der Waals surface area contributed by atoms with Crippen molar-refractivity contribution in [2.45, 2.75) is 39.3 Å². The molecule has 7 nitrogen and oxygen atoms in total. The number of rotatable bonds is 6. The summed E-state index contributed by atoms with van der Waals surface area (Å²) in [6, 6.07) is 10.2. The molecule has 0 atom stereocenters. The molecular weight excluding hydrogens is 468 g/mol. The number of imidazole rings is 1. The minimum Gasteiger partial charge on any atom is -0.454 e. The van der Waals surface area contributed by atoms with E-state index in [2.05, 4.69) is 28.6 Å². The number of carbonyl (C=O) groups excluding carboxylic acids is 1. The molecule has 2 aliphatic rings. The molecule has 2 aliphatic heterocycles. The van der Waals surface area contributed by atoms with Gasteiger partial charge in [-0.05, 0) is 42.0 Å². The summed E-state index contributed by atoms with van der Waals surface area (Å²) in [7, 11) is 0. The monoisotopic (exact) mass is 492 g/mol. The fraction of sp³-hybridized carbons (Fsp3) is 0.320. The fourth-order valence-corrected chi connectivity index (χ4v) is 6.17. The first-order chi connectivity index (χ1) is 16.7. The first kappa shape index (κ1) is 21.4. The Kier molecular flexibility index (Phi) is 5.58. The van der Waals surface area contributed by atoms with Crippen molar-refractivity contribution in [2.24, 2.45) is 0 Å². The molecule has 6 rings (SSSR count). The Morgan fingerprint density at radius 3 is 2.85 bits per heavy atom. The van der Waals surface area contributed by atoms with E-state index < -0.39 is 0 Å². The van der Waals surface area contributed by atoms with Crippen LogP contribution in [0.15, 0.2) is 41.1 Å². The highest BCUT2D eigenvalue weighted by Gasteiger charge is 2.28. The van der Waals surface area contributed by atoms with E-state index >= 15 is 0 Å². The minimum atomic E-state index is -0.00420. The van der Waals surface area contributed by atoms with Crippen LogP contribution in [0.25, 0.3) is 9.88 Å². The molecule has 1 aromatic carbocycles. The van der Waals surface area contributed by atoms with Crippen LogP contribution in [0.3, 0.4) is 0 Å². The van der Waals surface area contributed by atoms with Crippen LogP contribution >= 0.6 is 22.7 Å². The van der Waals surface area contributed by atoms with Crippen LogP contribution in [-0.4, -0.2) is 38.7 Å². The summed E-state index contributed by atoms with van der Waals surface area (Å²) >= 11 is 3.17. The standard InChI is InChI=1S/C25H24N4O3S2/c1-2-17-19-13-28(25(30)18-14-34-24(27-18)22-4-3-11-33-22)9-10-29(19)23(26-17)8-6-16-5-7-20-21(12-16)32-15-31-20/h3-5,7,11-12,14H,2,6,8-10,13,15H2,1H3. The van der Waals surface area contributed by atoms with E-state index in [-0.39, 0.29) is 12.7 Å². The van der Waals surface area contributed by atoms with Gasteiger partial charge in [0.05, 0.1) is 22.8 Å². The van der Waals surface area contributed by atoms with Gasteiger partial charge in [0.25, 0.3) is 5.91 Å². The lowest BCUT2D eigenvalue weighted by atomic mass is 10.1. The molecule has 0 unspecified atom stereocenters. The van der Waals surface area contributed by atoms with Crippen molar-refractivity contribution < 1.29 is 14.3 Å². The molecule has 0 fully saturated rings. The molecule has 0 aliphatic carbocycles. The van der Waals surface area contributed by atoms with Crippen LogP contribution in [0.2, 0.25) is 0 Å². The Morgan fingerprint density at radius 2 is 2.00 bits per heavy atom. The lowest BCUT2D eigenvalue weighted by molar-refractivity contribution is 0.0704. The number of benzene rings is 1. The van der Waals surface area contributed by atoms with Gasteiger partial charge in [0.15, 0.2) is 11.5 Å². The van der Waals surface area contributed by atoms with Crippen LogP contribution in [-0.2, 0) is 32.4 Å². The predicted octanol–water partition coefficient (Wildman–Crippen LogP) is 4.80. The molecule has 0 N–H and O–H groups in total. The first-order valence-corrected chi connectivity index (χ1v) is 13.2. The van der Waals surface area contributed by atoms with E-state index in [4.69, 9.17) is 14.5 Å². The highest BCUT2D eigenvalue weighted by molar-refractivity contribution is 7.20. The summed E-state index contributed by atoms with van der Waals surface area (Å²) in [4.78, 5) is 25.8. The second-order valence-electron chi connectivity index (χ2n) is 8.36. The molecular formula is C25H24N4O3S2. The minimum absolute atomic E-state index is 0.00420. The number of nitrogens with zero attached hydrogens (tertiary/aromatic N) is 4. The van der Waals surface area contributed by atoms with E-state index in [0.717, 1.165) is 64.4 Å². The van der Waals surface area contributed by atoms with Gasteiger partial charge in [-0.3, -0.25) is 4.79 Å². The van der Waals surface area contributed by atoms with Crippen LogP contribution in [0.1, 0.15) is 40.2 Å². The lowest BCUT2D eigenvalue weighted by Crippen LogP contribution is -2.39. The molecule has 0 bridgehead atoms. The van der Waals surface area contributed by atoms with E-state index in [1.807, 2.05) is 33.9 Å².